The number of hydrogen-bond donors (Lipinski definition) is 0. The number of rotatable bonds is 4. The summed E-state index contributed by atoms with van der Waals surface area (Å²) in [6.07, 6.45) is 1.45. The minimum Gasteiger partial charge on any atom is -0.483 e. The largest absolute Gasteiger partial charge is 0.483 e. The highest BCUT2D eigenvalue weighted by Gasteiger charge is 2.20. The maximum atomic E-state index is 12.3. The van der Waals surface area contributed by atoms with E-state index in [-0.39, 0.29) is 22.9 Å². The van der Waals surface area contributed by atoms with Crippen molar-refractivity contribution in [2.45, 2.75) is 32.9 Å². The zero-order valence-corrected chi connectivity index (χ0v) is 15.6. The van der Waals surface area contributed by atoms with E-state index in [9.17, 15) is 4.79 Å². The average Bonchev–Trinajstić information content (AvgIpc) is 3.05. The van der Waals surface area contributed by atoms with Gasteiger partial charge < -0.3 is 4.74 Å². The first-order chi connectivity index (χ1) is 11.9. The van der Waals surface area contributed by atoms with Crippen LogP contribution in [0.3, 0.4) is 0 Å². The van der Waals surface area contributed by atoms with E-state index in [4.69, 9.17) is 16.3 Å². The third kappa shape index (κ3) is 3.88. The summed E-state index contributed by atoms with van der Waals surface area (Å²) in [5.74, 6) is 0.239. The minimum absolute atomic E-state index is 0.0118. The monoisotopic (exact) mass is 376 g/mol. The molecule has 1 aromatic carbocycles. The lowest BCUT2D eigenvalue weighted by molar-refractivity contribution is 0.291. The van der Waals surface area contributed by atoms with E-state index in [2.05, 4.69) is 15.3 Å². The number of hydrogen-bond acceptors (Lipinski definition) is 6. The molecule has 0 saturated heterocycles. The van der Waals surface area contributed by atoms with Gasteiger partial charge in [-0.25, -0.2) is 4.68 Å². The summed E-state index contributed by atoms with van der Waals surface area (Å²) < 4.78 is 6.95. The number of ether oxygens (including phenoxy) is 1. The minimum atomic E-state index is -0.455. The van der Waals surface area contributed by atoms with E-state index in [0.29, 0.717) is 5.01 Å². The first kappa shape index (κ1) is 17.6. The Kier molecular flexibility index (Phi) is 4.87. The SMILES string of the molecule is CC(C)(C)n1ncc(OCc2nnc(-c3ccccc3)s2)c(Cl)c1=O. The topological polar surface area (TPSA) is 69.9 Å². The van der Waals surface area contributed by atoms with Crippen LogP contribution in [-0.2, 0) is 12.1 Å². The molecular formula is C17H17ClN4O2S. The van der Waals surface area contributed by atoms with Gasteiger partial charge in [-0.2, -0.15) is 5.10 Å². The highest BCUT2D eigenvalue weighted by molar-refractivity contribution is 7.14. The molecule has 3 rings (SSSR count). The third-order valence-electron chi connectivity index (χ3n) is 3.36. The van der Waals surface area contributed by atoms with Crippen LogP contribution in [0.15, 0.2) is 41.3 Å². The highest BCUT2D eigenvalue weighted by atomic mass is 35.5. The van der Waals surface area contributed by atoms with Crippen molar-refractivity contribution >= 4 is 22.9 Å². The molecule has 0 aliphatic rings. The van der Waals surface area contributed by atoms with Crippen LogP contribution in [0, 0.1) is 0 Å². The lowest BCUT2D eigenvalue weighted by atomic mass is 10.1. The van der Waals surface area contributed by atoms with Crippen LogP contribution in [0.5, 0.6) is 5.75 Å². The van der Waals surface area contributed by atoms with Gasteiger partial charge in [0.2, 0.25) is 0 Å². The molecule has 0 aliphatic carbocycles. The number of halogens is 1. The zero-order chi connectivity index (χ0) is 18.0. The maximum Gasteiger partial charge on any atom is 0.289 e. The van der Waals surface area contributed by atoms with Gasteiger partial charge in [-0.1, -0.05) is 53.3 Å². The fourth-order valence-electron chi connectivity index (χ4n) is 2.14. The Labute approximate surface area is 154 Å². The molecule has 0 unspecified atom stereocenters. The Balaban J connectivity index is 1.76. The number of nitrogens with zero attached hydrogens (tertiary/aromatic N) is 4. The van der Waals surface area contributed by atoms with E-state index in [0.717, 1.165) is 10.6 Å². The molecule has 0 spiro atoms. The molecule has 0 amide bonds. The number of aromatic nitrogens is 4. The molecule has 0 atom stereocenters. The lowest BCUT2D eigenvalue weighted by Crippen LogP contribution is -2.36. The van der Waals surface area contributed by atoms with Gasteiger partial charge >= 0.3 is 0 Å². The number of benzene rings is 1. The van der Waals surface area contributed by atoms with Gasteiger partial charge in [-0.15, -0.1) is 10.2 Å². The van der Waals surface area contributed by atoms with E-state index in [1.165, 1.54) is 22.2 Å². The fraction of sp³-hybridized carbons (Fsp3) is 0.294. The Morgan fingerprint density at radius 1 is 1.20 bits per heavy atom. The van der Waals surface area contributed by atoms with Crippen LogP contribution in [0.2, 0.25) is 5.02 Å². The molecule has 0 N–H and O–H groups in total. The Morgan fingerprint density at radius 2 is 1.92 bits per heavy atom. The normalized spacial score (nSPS) is 11.5. The van der Waals surface area contributed by atoms with Gasteiger partial charge in [-0.05, 0) is 20.8 Å². The van der Waals surface area contributed by atoms with Crippen molar-refractivity contribution < 1.29 is 4.74 Å². The van der Waals surface area contributed by atoms with E-state index >= 15 is 0 Å². The predicted octanol–water partition coefficient (Wildman–Crippen LogP) is 3.75. The Morgan fingerprint density at radius 3 is 2.60 bits per heavy atom. The van der Waals surface area contributed by atoms with Crippen molar-refractivity contribution in [3.8, 4) is 16.3 Å². The smallest absolute Gasteiger partial charge is 0.289 e. The second-order valence-electron chi connectivity index (χ2n) is 6.37. The van der Waals surface area contributed by atoms with Crippen molar-refractivity contribution in [2.75, 3.05) is 0 Å². The van der Waals surface area contributed by atoms with Crippen molar-refractivity contribution in [1.29, 1.82) is 0 Å². The summed E-state index contributed by atoms with van der Waals surface area (Å²) in [7, 11) is 0. The maximum absolute atomic E-state index is 12.3. The first-order valence-corrected chi connectivity index (χ1v) is 8.84. The quantitative estimate of drug-likeness (QED) is 0.693. The van der Waals surface area contributed by atoms with Gasteiger partial charge in [0.15, 0.2) is 15.8 Å². The Hall–Kier alpha value is -2.25. The third-order valence-corrected chi connectivity index (χ3v) is 4.65. The van der Waals surface area contributed by atoms with Crippen molar-refractivity contribution in [3.05, 3.63) is 56.9 Å². The molecule has 6 nitrogen and oxygen atoms in total. The van der Waals surface area contributed by atoms with Gasteiger partial charge in [0, 0.05) is 5.56 Å². The van der Waals surface area contributed by atoms with Crippen LogP contribution in [0.1, 0.15) is 25.8 Å². The standard InChI is InChI=1S/C17H17ClN4O2S/c1-17(2,3)22-16(23)14(18)12(9-19-22)24-10-13-20-21-15(25-13)11-7-5-4-6-8-11/h4-9H,10H2,1-3H3. The zero-order valence-electron chi connectivity index (χ0n) is 14.1. The van der Waals surface area contributed by atoms with Gasteiger partial charge in [-0.3, -0.25) is 4.79 Å². The van der Waals surface area contributed by atoms with Crippen molar-refractivity contribution in [3.63, 3.8) is 0 Å². The molecular weight excluding hydrogens is 360 g/mol. The molecule has 0 fully saturated rings. The summed E-state index contributed by atoms with van der Waals surface area (Å²) in [5.41, 5.74) is 0.163. The van der Waals surface area contributed by atoms with Crippen LogP contribution < -0.4 is 10.3 Å². The summed E-state index contributed by atoms with van der Waals surface area (Å²) in [6, 6.07) is 9.78. The van der Waals surface area contributed by atoms with Gasteiger partial charge in [0.1, 0.15) is 11.6 Å². The summed E-state index contributed by atoms with van der Waals surface area (Å²) >= 11 is 7.57. The Bertz CT molecular complexity index is 932. The molecule has 2 heterocycles. The predicted molar refractivity (Wildman–Crippen MR) is 98.2 cm³/mol. The van der Waals surface area contributed by atoms with E-state index in [1.807, 2.05) is 51.1 Å². The van der Waals surface area contributed by atoms with Crippen LogP contribution >= 0.6 is 22.9 Å². The van der Waals surface area contributed by atoms with Crippen LogP contribution in [-0.4, -0.2) is 20.0 Å². The molecule has 0 saturated carbocycles. The second kappa shape index (κ2) is 6.93. The molecule has 0 aliphatic heterocycles. The molecule has 130 valence electrons. The molecule has 25 heavy (non-hydrogen) atoms. The van der Waals surface area contributed by atoms with E-state index < -0.39 is 5.54 Å². The van der Waals surface area contributed by atoms with E-state index in [1.54, 1.807) is 0 Å². The molecule has 0 radical (unpaired) electrons. The summed E-state index contributed by atoms with van der Waals surface area (Å²) in [5, 5.41) is 13.9. The molecule has 3 aromatic rings. The van der Waals surface area contributed by atoms with Crippen molar-refractivity contribution in [2.24, 2.45) is 0 Å². The van der Waals surface area contributed by atoms with Crippen LogP contribution in [0.4, 0.5) is 0 Å². The fourth-order valence-corrected chi connectivity index (χ4v) is 3.09. The van der Waals surface area contributed by atoms with Gasteiger partial charge in [0.05, 0.1) is 11.7 Å². The lowest BCUT2D eigenvalue weighted by Gasteiger charge is -2.21. The first-order valence-electron chi connectivity index (χ1n) is 7.65. The van der Waals surface area contributed by atoms with Gasteiger partial charge in [0.25, 0.3) is 5.56 Å². The summed E-state index contributed by atoms with van der Waals surface area (Å²) in [6.45, 7) is 5.81. The second-order valence-corrected chi connectivity index (χ2v) is 7.81. The highest BCUT2D eigenvalue weighted by Crippen LogP contribution is 2.25. The molecule has 0 bridgehead atoms. The van der Waals surface area contributed by atoms with Crippen molar-refractivity contribution in [1.82, 2.24) is 20.0 Å². The molecule has 8 heteroatoms. The summed E-state index contributed by atoms with van der Waals surface area (Å²) in [4.78, 5) is 12.3. The average molecular weight is 377 g/mol. The molecule has 2 aromatic heterocycles. The van der Waals surface area contributed by atoms with Crippen LogP contribution in [0.25, 0.3) is 10.6 Å².